The van der Waals surface area contributed by atoms with E-state index in [2.05, 4.69) is 18.7 Å². The van der Waals surface area contributed by atoms with Gasteiger partial charge in [-0.1, -0.05) is 19.9 Å². The van der Waals surface area contributed by atoms with Crippen molar-refractivity contribution in [1.29, 1.82) is 0 Å². The lowest BCUT2D eigenvalue weighted by Gasteiger charge is -2.64. The van der Waals surface area contributed by atoms with Crippen molar-refractivity contribution in [3.63, 3.8) is 0 Å². The highest BCUT2D eigenvalue weighted by Gasteiger charge is 2.68. The van der Waals surface area contributed by atoms with Crippen LogP contribution in [0.4, 0.5) is 0 Å². The number of hydrogen-bond acceptors (Lipinski definition) is 7. The Morgan fingerprint density at radius 2 is 1.84 bits per heavy atom. The molecule has 0 radical (unpaired) electrons. The van der Waals surface area contributed by atoms with Gasteiger partial charge < -0.3 is 19.3 Å². The van der Waals surface area contributed by atoms with Crippen LogP contribution in [-0.4, -0.2) is 73.1 Å². The molecule has 1 saturated heterocycles. The first kappa shape index (κ1) is 25.8. The van der Waals surface area contributed by atoms with E-state index in [0.29, 0.717) is 50.0 Å². The third kappa shape index (κ3) is 4.28. The molecule has 1 N–H and O–H groups in total. The third-order valence-corrected chi connectivity index (χ3v) is 12.0. The van der Waals surface area contributed by atoms with Crippen LogP contribution in [0.1, 0.15) is 71.6 Å². The Morgan fingerprint density at radius 3 is 2.59 bits per heavy atom. The molecule has 6 aliphatic rings. The normalized spacial score (nSPS) is 47.9. The van der Waals surface area contributed by atoms with Crippen molar-refractivity contribution in [3.8, 4) is 0 Å². The van der Waals surface area contributed by atoms with Crippen molar-refractivity contribution in [3.05, 3.63) is 12.2 Å². The van der Waals surface area contributed by atoms with Crippen LogP contribution < -0.4 is 0 Å². The molecule has 0 bridgehead atoms. The zero-order valence-corrected chi connectivity index (χ0v) is 22.7. The van der Waals surface area contributed by atoms with Crippen LogP contribution in [0.25, 0.3) is 0 Å². The van der Waals surface area contributed by atoms with Crippen LogP contribution in [0.3, 0.4) is 0 Å². The topological polar surface area (TPSA) is 85.3 Å². The molecule has 7 heteroatoms. The summed E-state index contributed by atoms with van der Waals surface area (Å²) in [6.07, 6.45) is 12.8. The molecule has 7 nitrogen and oxygen atoms in total. The summed E-state index contributed by atoms with van der Waals surface area (Å²) >= 11 is 0. The molecule has 0 amide bonds. The van der Waals surface area contributed by atoms with E-state index < -0.39 is 5.60 Å². The molecule has 1 unspecified atom stereocenters. The number of morpholine rings is 1. The first-order valence-corrected chi connectivity index (χ1v) is 14.8. The number of carbonyl (C=O) groups excluding carboxylic acids is 2. The lowest BCUT2D eigenvalue weighted by Crippen LogP contribution is -2.62. The number of cyclic esters (lactones) is 1. The van der Waals surface area contributed by atoms with E-state index in [0.717, 1.165) is 70.9 Å². The fourth-order valence-corrected chi connectivity index (χ4v) is 9.92. The first-order valence-electron chi connectivity index (χ1n) is 14.8. The molecule has 4 saturated carbocycles. The molecule has 0 aromatic rings. The molecule has 2 aliphatic heterocycles. The zero-order valence-electron chi connectivity index (χ0n) is 22.7. The summed E-state index contributed by atoms with van der Waals surface area (Å²) in [6, 6.07) is 0. The molecular formula is C30H45NO6. The fourth-order valence-electron chi connectivity index (χ4n) is 9.92. The van der Waals surface area contributed by atoms with Gasteiger partial charge in [0.15, 0.2) is 0 Å². The summed E-state index contributed by atoms with van der Waals surface area (Å²) in [4.78, 5) is 26.4. The highest BCUT2D eigenvalue weighted by molar-refractivity contribution is 5.82. The van der Waals surface area contributed by atoms with E-state index in [4.69, 9.17) is 14.2 Å². The Balaban J connectivity index is 1.12. The molecule has 206 valence electrons. The maximum atomic E-state index is 12.7. The number of ether oxygens (including phenoxy) is 3. The SMILES string of the molecule is C[C@]12CC[C@H](OC(=O)CN3CCOCC3)C[C@H]1CC[C@@H]1[C@@H]2CC[C@]2(C)[C@@H](C3C=CC(=O)OC3)CC[C@]12O. The van der Waals surface area contributed by atoms with E-state index >= 15 is 0 Å². The molecule has 0 spiro atoms. The Labute approximate surface area is 221 Å². The average molecular weight is 516 g/mol. The largest absolute Gasteiger partial charge is 0.462 e. The highest BCUT2D eigenvalue weighted by Crippen LogP contribution is 2.70. The minimum absolute atomic E-state index is 0.0248. The van der Waals surface area contributed by atoms with Crippen molar-refractivity contribution in [2.75, 3.05) is 39.5 Å². The van der Waals surface area contributed by atoms with E-state index in [1.54, 1.807) is 6.08 Å². The number of carbonyl (C=O) groups is 2. The van der Waals surface area contributed by atoms with Crippen molar-refractivity contribution < 1.29 is 28.9 Å². The maximum Gasteiger partial charge on any atom is 0.330 e. The number of aliphatic hydroxyl groups is 1. The number of hydrogen-bond donors (Lipinski definition) is 1. The maximum absolute atomic E-state index is 12.7. The predicted octanol–water partition coefficient (Wildman–Crippen LogP) is 3.73. The van der Waals surface area contributed by atoms with Crippen LogP contribution in [0.15, 0.2) is 12.2 Å². The van der Waals surface area contributed by atoms with Gasteiger partial charge in [-0.15, -0.1) is 0 Å². The molecule has 0 aromatic carbocycles. The van der Waals surface area contributed by atoms with E-state index in [9.17, 15) is 14.7 Å². The van der Waals surface area contributed by atoms with Gasteiger partial charge in [0.05, 0.1) is 32.0 Å². The summed E-state index contributed by atoms with van der Waals surface area (Å²) in [7, 11) is 0. The molecule has 2 heterocycles. The number of fused-ring (bicyclic) bond motifs is 5. The standard InChI is InChI=1S/C30H45NO6/c1-28-10-7-22(37-27(33)18-31-13-15-35-16-14-31)17-21(28)4-5-25-24(28)8-11-29(2)23(9-12-30(25,29)34)20-3-6-26(32)36-19-20/h3,6,20-25,34H,4-5,7-19H2,1-2H3/t20?,21-,22+,23-,24+,25-,28+,29-,30+/m1/s1. The summed E-state index contributed by atoms with van der Waals surface area (Å²) in [5, 5.41) is 12.4. The van der Waals surface area contributed by atoms with Gasteiger partial charge in [-0.3, -0.25) is 9.69 Å². The molecule has 0 aromatic heterocycles. The Kier molecular flexibility index (Phi) is 6.72. The summed E-state index contributed by atoms with van der Waals surface area (Å²) in [5.41, 5.74) is -0.584. The van der Waals surface area contributed by atoms with E-state index in [1.807, 2.05) is 6.08 Å². The van der Waals surface area contributed by atoms with Gasteiger partial charge in [0.2, 0.25) is 0 Å². The molecule has 37 heavy (non-hydrogen) atoms. The number of rotatable bonds is 4. The van der Waals surface area contributed by atoms with Crippen molar-refractivity contribution in [2.45, 2.75) is 83.3 Å². The van der Waals surface area contributed by atoms with Crippen LogP contribution in [0.2, 0.25) is 0 Å². The van der Waals surface area contributed by atoms with Crippen LogP contribution in [0.5, 0.6) is 0 Å². The first-order chi connectivity index (χ1) is 17.7. The van der Waals surface area contributed by atoms with E-state index in [-0.39, 0.29) is 34.8 Å². The third-order valence-electron chi connectivity index (χ3n) is 12.0. The van der Waals surface area contributed by atoms with Gasteiger partial charge in [0.25, 0.3) is 0 Å². The summed E-state index contributed by atoms with van der Waals surface area (Å²) < 4.78 is 16.8. The van der Waals surface area contributed by atoms with Gasteiger partial charge in [-0.05, 0) is 86.9 Å². The van der Waals surface area contributed by atoms with Gasteiger partial charge in [-0.2, -0.15) is 0 Å². The van der Waals surface area contributed by atoms with Crippen LogP contribution in [0, 0.1) is 40.4 Å². The van der Waals surface area contributed by atoms with Gasteiger partial charge >= 0.3 is 11.9 Å². The summed E-state index contributed by atoms with van der Waals surface area (Å²) in [5.74, 6) is 1.63. The summed E-state index contributed by atoms with van der Waals surface area (Å²) in [6.45, 7) is 8.60. The van der Waals surface area contributed by atoms with Gasteiger partial charge in [-0.25, -0.2) is 4.79 Å². The second-order valence-corrected chi connectivity index (χ2v) is 13.4. The quantitative estimate of drug-likeness (QED) is 0.571. The lowest BCUT2D eigenvalue weighted by molar-refractivity contribution is -0.214. The van der Waals surface area contributed by atoms with Crippen LogP contribution >= 0.6 is 0 Å². The van der Waals surface area contributed by atoms with Crippen molar-refractivity contribution in [1.82, 2.24) is 4.90 Å². The smallest absolute Gasteiger partial charge is 0.330 e. The lowest BCUT2D eigenvalue weighted by atomic mass is 9.43. The molecule has 4 aliphatic carbocycles. The van der Waals surface area contributed by atoms with Crippen molar-refractivity contribution in [2.24, 2.45) is 40.4 Å². The van der Waals surface area contributed by atoms with Gasteiger partial charge in [0.1, 0.15) is 6.10 Å². The minimum atomic E-state index is -0.647. The second-order valence-electron chi connectivity index (χ2n) is 13.4. The molecule has 6 rings (SSSR count). The molecule has 5 fully saturated rings. The van der Waals surface area contributed by atoms with Crippen LogP contribution in [-0.2, 0) is 23.8 Å². The Morgan fingerprint density at radius 1 is 1.05 bits per heavy atom. The Bertz CT molecular complexity index is 931. The fraction of sp³-hybridized carbons (Fsp3) is 0.867. The highest BCUT2D eigenvalue weighted by atomic mass is 16.5. The van der Waals surface area contributed by atoms with E-state index in [1.165, 1.54) is 0 Å². The molecule has 9 atom stereocenters. The monoisotopic (exact) mass is 515 g/mol. The minimum Gasteiger partial charge on any atom is -0.462 e. The number of esters is 2. The van der Waals surface area contributed by atoms with Gasteiger partial charge in [0, 0.05) is 30.5 Å². The molecular weight excluding hydrogens is 470 g/mol. The number of nitrogens with zero attached hydrogens (tertiary/aromatic N) is 1. The second kappa shape index (κ2) is 9.63. The Hall–Kier alpha value is -1.44. The predicted molar refractivity (Wildman–Crippen MR) is 137 cm³/mol. The average Bonchev–Trinajstić information content (AvgIpc) is 3.16. The zero-order chi connectivity index (χ0) is 25.8. The van der Waals surface area contributed by atoms with Crippen molar-refractivity contribution >= 4 is 11.9 Å².